The normalized spacial score (nSPS) is 12.1. The molecule has 0 aliphatic carbocycles. The third-order valence-electron chi connectivity index (χ3n) is 2.02. The van der Waals surface area contributed by atoms with Crippen molar-refractivity contribution in [3.63, 3.8) is 0 Å². The third kappa shape index (κ3) is 3.31. The summed E-state index contributed by atoms with van der Waals surface area (Å²) in [4.78, 5) is 29.1. The van der Waals surface area contributed by atoms with Crippen molar-refractivity contribution in [2.75, 3.05) is 13.0 Å². The van der Waals surface area contributed by atoms with Crippen LogP contribution in [0.3, 0.4) is 0 Å². The summed E-state index contributed by atoms with van der Waals surface area (Å²) >= 11 is 0. The van der Waals surface area contributed by atoms with Crippen LogP contribution in [0.2, 0.25) is 0 Å². The first-order valence-corrected chi connectivity index (χ1v) is 6.59. The second-order valence-corrected chi connectivity index (χ2v) is 4.96. The highest BCUT2D eigenvalue weighted by molar-refractivity contribution is 7.51. The van der Waals surface area contributed by atoms with Gasteiger partial charge in [0.2, 0.25) is 0 Å². The monoisotopic (exact) mass is 258 g/mol. The van der Waals surface area contributed by atoms with E-state index in [1.54, 1.807) is 17.1 Å². The predicted octanol–water partition coefficient (Wildman–Crippen LogP) is -0.0219. The molecule has 0 aliphatic heterocycles. The van der Waals surface area contributed by atoms with Crippen molar-refractivity contribution in [3.8, 4) is 0 Å². The molecule has 2 aromatic heterocycles. The molecule has 2 aromatic rings. The number of hydrogen-bond acceptors (Lipinski definition) is 5. The number of imidazole rings is 1. The topological polar surface area (TPSA) is 110 Å². The zero-order chi connectivity index (χ0) is 12.3. The van der Waals surface area contributed by atoms with Gasteiger partial charge in [-0.25, -0.2) is 15.0 Å². The van der Waals surface area contributed by atoms with Gasteiger partial charge < -0.3 is 19.1 Å². The van der Waals surface area contributed by atoms with Crippen LogP contribution in [0.5, 0.6) is 0 Å². The lowest BCUT2D eigenvalue weighted by atomic mass is 10.5. The Morgan fingerprint density at radius 3 is 3.00 bits per heavy atom. The summed E-state index contributed by atoms with van der Waals surface area (Å²) < 4.78 is 17.1. The summed E-state index contributed by atoms with van der Waals surface area (Å²) in [5.41, 5.74) is 1.34. The van der Waals surface area contributed by atoms with Gasteiger partial charge in [-0.15, -0.1) is 0 Å². The molecule has 2 rings (SSSR count). The van der Waals surface area contributed by atoms with Crippen molar-refractivity contribution in [1.29, 1.82) is 0 Å². The zero-order valence-electron chi connectivity index (χ0n) is 8.80. The van der Waals surface area contributed by atoms with E-state index in [1.165, 1.54) is 6.33 Å². The molecule has 0 radical (unpaired) electrons. The lowest BCUT2D eigenvalue weighted by molar-refractivity contribution is 0.149. The summed E-state index contributed by atoms with van der Waals surface area (Å²) in [5.74, 6) is 0. The first kappa shape index (κ1) is 12.1. The van der Waals surface area contributed by atoms with Gasteiger partial charge in [0, 0.05) is 6.54 Å². The Kier molecular flexibility index (Phi) is 3.49. The lowest BCUT2D eigenvalue weighted by Gasteiger charge is -2.06. The van der Waals surface area contributed by atoms with Gasteiger partial charge in [-0.2, -0.15) is 0 Å². The van der Waals surface area contributed by atoms with Gasteiger partial charge in [-0.3, -0.25) is 4.57 Å². The fourth-order valence-electron chi connectivity index (χ4n) is 1.32. The molecule has 0 bridgehead atoms. The van der Waals surface area contributed by atoms with Crippen molar-refractivity contribution in [2.45, 2.75) is 6.54 Å². The molecule has 8 nitrogen and oxygen atoms in total. The molecule has 2 heterocycles. The van der Waals surface area contributed by atoms with Crippen molar-refractivity contribution < 1.29 is 19.1 Å². The van der Waals surface area contributed by atoms with Crippen LogP contribution in [0.15, 0.2) is 18.9 Å². The van der Waals surface area contributed by atoms with E-state index >= 15 is 0 Å². The Balaban J connectivity index is 1.93. The fourth-order valence-corrected chi connectivity index (χ4v) is 1.69. The summed E-state index contributed by atoms with van der Waals surface area (Å²) in [6.45, 7) is 0.605. The molecule has 2 N–H and O–H groups in total. The minimum absolute atomic E-state index is 0.181. The second kappa shape index (κ2) is 4.89. The molecular weight excluding hydrogens is 247 g/mol. The Bertz CT molecular complexity index is 551. The summed E-state index contributed by atoms with van der Waals surface area (Å²) in [6.07, 6.45) is 4.02. The largest absolute Gasteiger partial charge is 0.367 e. The van der Waals surface area contributed by atoms with Crippen LogP contribution in [-0.4, -0.2) is 42.3 Å². The van der Waals surface area contributed by atoms with E-state index in [-0.39, 0.29) is 6.61 Å². The molecule has 0 aromatic carbocycles. The molecule has 0 atom stereocenters. The van der Waals surface area contributed by atoms with Crippen LogP contribution in [0.4, 0.5) is 0 Å². The highest BCUT2D eigenvalue weighted by atomic mass is 31.2. The maximum absolute atomic E-state index is 10.5. The fraction of sp³-hybridized carbons (Fsp3) is 0.375. The lowest BCUT2D eigenvalue weighted by Crippen LogP contribution is -2.06. The van der Waals surface area contributed by atoms with E-state index in [0.29, 0.717) is 17.7 Å². The minimum atomic E-state index is -4.09. The Hall–Kier alpha value is -1.34. The van der Waals surface area contributed by atoms with Crippen LogP contribution in [0, 0.1) is 0 Å². The highest BCUT2D eigenvalue weighted by Gasteiger charge is 2.12. The van der Waals surface area contributed by atoms with Gasteiger partial charge in [0.05, 0.1) is 19.1 Å². The maximum Gasteiger partial charge on any atom is 0.350 e. The van der Waals surface area contributed by atoms with Crippen LogP contribution in [0.25, 0.3) is 11.2 Å². The van der Waals surface area contributed by atoms with Crippen molar-refractivity contribution in [3.05, 3.63) is 18.9 Å². The van der Waals surface area contributed by atoms with Gasteiger partial charge in [-0.1, -0.05) is 0 Å². The predicted molar refractivity (Wildman–Crippen MR) is 58.2 cm³/mol. The molecular formula is C8H11N4O4P. The number of hydrogen-bond donors (Lipinski definition) is 2. The Morgan fingerprint density at radius 1 is 1.41 bits per heavy atom. The van der Waals surface area contributed by atoms with E-state index in [2.05, 4.69) is 15.0 Å². The zero-order valence-corrected chi connectivity index (χ0v) is 9.69. The van der Waals surface area contributed by atoms with E-state index < -0.39 is 13.9 Å². The highest BCUT2D eigenvalue weighted by Crippen LogP contribution is 2.33. The van der Waals surface area contributed by atoms with Crippen LogP contribution < -0.4 is 0 Å². The maximum atomic E-state index is 10.5. The van der Waals surface area contributed by atoms with Gasteiger partial charge >= 0.3 is 7.60 Å². The first-order valence-electron chi connectivity index (χ1n) is 4.79. The van der Waals surface area contributed by atoms with Crippen LogP contribution in [0.1, 0.15) is 0 Å². The number of fused-ring (bicyclic) bond motifs is 1. The number of ether oxygens (including phenoxy) is 1. The molecule has 0 unspecified atom stereocenters. The molecule has 92 valence electrons. The van der Waals surface area contributed by atoms with Crippen molar-refractivity contribution >= 4 is 18.8 Å². The summed E-state index contributed by atoms with van der Waals surface area (Å²) in [5, 5.41) is 0. The minimum Gasteiger partial charge on any atom is -0.367 e. The molecule has 0 saturated carbocycles. The van der Waals surface area contributed by atoms with Crippen LogP contribution in [-0.2, 0) is 15.8 Å². The van der Waals surface area contributed by atoms with E-state index in [9.17, 15) is 4.57 Å². The van der Waals surface area contributed by atoms with Crippen molar-refractivity contribution in [2.24, 2.45) is 0 Å². The molecule has 0 fully saturated rings. The molecule has 9 heteroatoms. The SMILES string of the molecule is O=P(O)(O)COCCn1cnc2cncnc21. The van der Waals surface area contributed by atoms with E-state index in [4.69, 9.17) is 14.5 Å². The summed E-state index contributed by atoms with van der Waals surface area (Å²) in [6, 6.07) is 0. The summed E-state index contributed by atoms with van der Waals surface area (Å²) in [7, 11) is -4.09. The number of nitrogens with zero attached hydrogens (tertiary/aromatic N) is 4. The number of rotatable bonds is 5. The van der Waals surface area contributed by atoms with E-state index in [0.717, 1.165) is 0 Å². The quantitative estimate of drug-likeness (QED) is 0.572. The average Bonchev–Trinajstić information content (AvgIpc) is 2.67. The van der Waals surface area contributed by atoms with Gasteiger partial charge in [0.15, 0.2) is 5.65 Å². The second-order valence-electron chi connectivity index (χ2n) is 3.37. The molecule has 0 spiro atoms. The van der Waals surface area contributed by atoms with Gasteiger partial charge in [-0.05, 0) is 0 Å². The molecule has 0 amide bonds. The Labute approximate surface area is 96.5 Å². The van der Waals surface area contributed by atoms with Gasteiger partial charge in [0.25, 0.3) is 0 Å². The molecule has 0 aliphatic rings. The molecule has 17 heavy (non-hydrogen) atoms. The standard InChI is InChI=1S/C8H11N4O4P/c13-17(14,15)6-16-2-1-12-5-11-7-3-9-4-10-8(7)12/h3-5H,1-2,6H2,(H2,13,14,15). The Morgan fingerprint density at radius 2 is 2.24 bits per heavy atom. The number of aromatic nitrogens is 4. The van der Waals surface area contributed by atoms with Gasteiger partial charge in [0.1, 0.15) is 18.2 Å². The third-order valence-corrected chi connectivity index (χ3v) is 2.54. The molecule has 0 saturated heterocycles. The van der Waals surface area contributed by atoms with Crippen molar-refractivity contribution in [1.82, 2.24) is 19.5 Å². The average molecular weight is 258 g/mol. The first-order chi connectivity index (χ1) is 8.06. The van der Waals surface area contributed by atoms with E-state index in [1.807, 2.05) is 0 Å². The van der Waals surface area contributed by atoms with Crippen LogP contribution >= 0.6 is 7.60 Å². The smallest absolute Gasteiger partial charge is 0.350 e.